The van der Waals surface area contributed by atoms with Gasteiger partial charge in [-0.05, 0) is 24.1 Å². The lowest BCUT2D eigenvalue weighted by Crippen LogP contribution is -2.26. The maximum absolute atomic E-state index is 11.6. The number of nitrogens with two attached hydrogens (primary N) is 1. The van der Waals surface area contributed by atoms with E-state index >= 15 is 0 Å². The van der Waals surface area contributed by atoms with Gasteiger partial charge in [-0.15, -0.1) is 0 Å². The molecular weight excluding hydrogens is 228 g/mol. The first-order valence-corrected chi connectivity index (χ1v) is 5.35. The molecule has 0 bridgehead atoms. The van der Waals surface area contributed by atoms with Gasteiger partial charge in [-0.2, -0.15) is 0 Å². The predicted octanol–water partition coefficient (Wildman–Crippen LogP) is 2.24. The third kappa shape index (κ3) is 3.72. The Hall–Kier alpha value is -1.26. The molecule has 0 saturated heterocycles. The topological polar surface area (TPSA) is 64.3 Å². The zero-order valence-electron chi connectivity index (χ0n) is 9.29. The minimum atomic E-state index is -0.366. The van der Waals surface area contributed by atoms with Crippen LogP contribution in [0.25, 0.3) is 0 Å². The number of nitrogen functional groups attached to an aromatic ring is 1. The second-order valence-electron chi connectivity index (χ2n) is 3.87. The summed E-state index contributed by atoms with van der Waals surface area (Å²) in [5.41, 5.74) is 8.67. The standard InChI is InChI=1S/C11H15ClN2O2/c1-7(2)6-16-14-11(15)9-4-3-8(12)5-10(9)13/h3-5,7H,6,13H2,1-2H3,(H,14,15). The SMILES string of the molecule is CC(C)CONC(=O)c1ccc(Cl)cc1N. The van der Waals surface area contributed by atoms with E-state index < -0.39 is 0 Å². The number of hydroxylamine groups is 1. The molecular formula is C11H15ClN2O2. The van der Waals surface area contributed by atoms with E-state index in [2.05, 4.69) is 5.48 Å². The zero-order valence-corrected chi connectivity index (χ0v) is 10.0. The van der Waals surface area contributed by atoms with Crippen LogP contribution < -0.4 is 11.2 Å². The normalized spacial score (nSPS) is 10.5. The fraction of sp³-hybridized carbons (Fsp3) is 0.364. The van der Waals surface area contributed by atoms with E-state index in [0.717, 1.165) is 0 Å². The number of rotatable bonds is 4. The maximum atomic E-state index is 11.6. The minimum absolute atomic E-state index is 0.332. The second-order valence-corrected chi connectivity index (χ2v) is 4.30. The fourth-order valence-corrected chi connectivity index (χ4v) is 1.25. The van der Waals surface area contributed by atoms with Gasteiger partial charge in [0.15, 0.2) is 0 Å². The van der Waals surface area contributed by atoms with E-state index in [1.807, 2.05) is 13.8 Å². The molecule has 0 spiro atoms. The second kappa shape index (κ2) is 5.72. The molecule has 0 saturated carbocycles. The quantitative estimate of drug-likeness (QED) is 0.629. The highest BCUT2D eigenvalue weighted by Crippen LogP contribution is 2.17. The van der Waals surface area contributed by atoms with E-state index in [1.165, 1.54) is 6.07 Å². The maximum Gasteiger partial charge on any atom is 0.276 e. The van der Waals surface area contributed by atoms with Gasteiger partial charge in [-0.1, -0.05) is 25.4 Å². The van der Waals surface area contributed by atoms with Crippen LogP contribution >= 0.6 is 11.6 Å². The van der Waals surface area contributed by atoms with E-state index in [-0.39, 0.29) is 5.91 Å². The Morgan fingerprint density at radius 1 is 1.56 bits per heavy atom. The Morgan fingerprint density at radius 2 is 2.25 bits per heavy atom. The zero-order chi connectivity index (χ0) is 12.1. The van der Waals surface area contributed by atoms with Crippen molar-refractivity contribution in [3.63, 3.8) is 0 Å². The van der Waals surface area contributed by atoms with Crippen LogP contribution in [0.2, 0.25) is 5.02 Å². The molecule has 0 aliphatic rings. The van der Waals surface area contributed by atoms with Crippen molar-refractivity contribution in [3.05, 3.63) is 28.8 Å². The van der Waals surface area contributed by atoms with Crippen molar-refractivity contribution in [2.24, 2.45) is 5.92 Å². The third-order valence-electron chi connectivity index (χ3n) is 1.84. The first-order valence-electron chi connectivity index (χ1n) is 4.98. The monoisotopic (exact) mass is 242 g/mol. The van der Waals surface area contributed by atoms with Gasteiger partial charge < -0.3 is 5.73 Å². The van der Waals surface area contributed by atoms with Gasteiger partial charge in [0.25, 0.3) is 5.91 Å². The Kier molecular flexibility index (Phi) is 4.58. The molecule has 0 heterocycles. The minimum Gasteiger partial charge on any atom is -0.398 e. The van der Waals surface area contributed by atoms with Gasteiger partial charge in [0.1, 0.15) is 0 Å². The highest BCUT2D eigenvalue weighted by Gasteiger charge is 2.09. The summed E-state index contributed by atoms with van der Waals surface area (Å²) in [6.45, 7) is 4.44. The summed E-state index contributed by atoms with van der Waals surface area (Å²) in [5, 5.41) is 0.497. The number of carbonyl (C=O) groups excluding carboxylic acids is 1. The summed E-state index contributed by atoms with van der Waals surface area (Å²) in [4.78, 5) is 16.6. The van der Waals surface area contributed by atoms with Crippen LogP contribution in [-0.4, -0.2) is 12.5 Å². The molecule has 88 valence electrons. The summed E-state index contributed by atoms with van der Waals surface area (Å²) in [6.07, 6.45) is 0. The Balaban J connectivity index is 2.59. The van der Waals surface area contributed by atoms with Gasteiger partial charge in [-0.25, -0.2) is 5.48 Å². The van der Waals surface area contributed by atoms with E-state index in [1.54, 1.807) is 12.1 Å². The van der Waals surface area contributed by atoms with Gasteiger partial charge >= 0.3 is 0 Å². The number of halogens is 1. The van der Waals surface area contributed by atoms with Crippen LogP contribution in [0.5, 0.6) is 0 Å². The number of hydrogen-bond acceptors (Lipinski definition) is 3. The molecule has 5 heteroatoms. The number of benzene rings is 1. The van der Waals surface area contributed by atoms with Gasteiger partial charge in [0.05, 0.1) is 12.2 Å². The Morgan fingerprint density at radius 3 is 2.81 bits per heavy atom. The average Bonchev–Trinajstić information content (AvgIpc) is 2.16. The molecule has 4 nitrogen and oxygen atoms in total. The van der Waals surface area contributed by atoms with Crippen LogP contribution in [0.1, 0.15) is 24.2 Å². The van der Waals surface area contributed by atoms with Gasteiger partial charge in [0.2, 0.25) is 0 Å². The Bertz CT molecular complexity index is 380. The molecule has 0 radical (unpaired) electrons. The first kappa shape index (κ1) is 12.8. The molecule has 1 aromatic rings. The molecule has 0 unspecified atom stereocenters. The summed E-state index contributed by atoms with van der Waals surface area (Å²) in [7, 11) is 0. The van der Waals surface area contributed by atoms with E-state index in [9.17, 15) is 4.79 Å². The fourth-order valence-electron chi connectivity index (χ4n) is 1.07. The predicted molar refractivity (Wildman–Crippen MR) is 64.1 cm³/mol. The number of amides is 1. The molecule has 1 rings (SSSR count). The Labute approximate surface area is 99.7 Å². The van der Waals surface area contributed by atoms with Crippen molar-refractivity contribution in [2.75, 3.05) is 12.3 Å². The largest absolute Gasteiger partial charge is 0.398 e. The molecule has 0 fully saturated rings. The summed E-state index contributed by atoms with van der Waals surface area (Å²) in [6, 6.07) is 4.69. The van der Waals surface area contributed by atoms with Crippen LogP contribution in [0.4, 0.5) is 5.69 Å². The number of nitrogens with one attached hydrogen (secondary N) is 1. The summed E-state index contributed by atoms with van der Waals surface area (Å²) >= 11 is 5.72. The average molecular weight is 243 g/mol. The van der Waals surface area contributed by atoms with Crippen molar-refractivity contribution in [1.29, 1.82) is 0 Å². The van der Waals surface area contributed by atoms with Crippen LogP contribution in [-0.2, 0) is 4.84 Å². The van der Waals surface area contributed by atoms with Crippen molar-refractivity contribution < 1.29 is 9.63 Å². The van der Waals surface area contributed by atoms with Crippen molar-refractivity contribution in [1.82, 2.24) is 5.48 Å². The lowest BCUT2D eigenvalue weighted by atomic mass is 10.2. The lowest BCUT2D eigenvalue weighted by Gasteiger charge is -2.09. The third-order valence-corrected chi connectivity index (χ3v) is 2.07. The summed E-state index contributed by atoms with van der Waals surface area (Å²) < 4.78 is 0. The van der Waals surface area contributed by atoms with Crippen molar-refractivity contribution in [3.8, 4) is 0 Å². The molecule has 0 aliphatic carbocycles. The number of anilines is 1. The molecule has 0 aliphatic heterocycles. The highest BCUT2D eigenvalue weighted by molar-refractivity contribution is 6.31. The summed E-state index contributed by atoms with van der Waals surface area (Å²) in [5.74, 6) is -0.0160. The molecule has 0 atom stereocenters. The lowest BCUT2D eigenvalue weighted by molar-refractivity contribution is 0.0209. The number of carbonyl (C=O) groups is 1. The van der Waals surface area contributed by atoms with Crippen LogP contribution in [0.15, 0.2) is 18.2 Å². The van der Waals surface area contributed by atoms with E-state index in [0.29, 0.717) is 28.8 Å². The molecule has 1 aromatic carbocycles. The van der Waals surface area contributed by atoms with Gasteiger partial charge in [-0.3, -0.25) is 9.63 Å². The molecule has 3 N–H and O–H groups in total. The van der Waals surface area contributed by atoms with Crippen molar-refractivity contribution >= 4 is 23.2 Å². The highest BCUT2D eigenvalue weighted by atomic mass is 35.5. The van der Waals surface area contributed by atoms with Crippen molar-refractivity contribution in [2.45, 2.75) is 13.8 Å². The smallest absolute Gasteiger partial charge is 0.276 e. The molecule has 1 amide bonds. The van der Waals surface area contributed by atoms with E-state index in [4.69, 9.17) is 22.2 Å². The van der Waals surface area contributed by atoms with Crippen LogP contribution in [0.3, 0.4) is 0 Å². The van der Waals surface area contributed by atoms with Gasteiger partial charge in [0, 0.05) is 10.7 Å². The molecule has 0 aromatic heterocycles. The molecule has 16 heavy (non-hydrogen) atoms. The number of hydrogen-bond donors (Lipinski definition) is 2. The first-order chi connectivity index (χ1) is 7.50. The van der Waals surface area contributed by atoms with Crippen LogP contribution in [0, 0.1) is 5.92 Å².